The first kappa shape index (κ1) is 28.1. The van der Waals surface area contributed by atoms with Crippen LogP contribution in [0.25, 0.3) is 22.1 Å². The molecule has 0 fully saturated rings. The van der Waals surface area contributed by atoms with Crippen LogP contribution in [0.15, 0.2) is 48.5 Å². The van der Waals surface area contributed by atoms with Crippen LogP contribution in [-0.2, 0) is 51.9 Å². The zero-order valence-corrected chi connectivity index (χ0v) is 20.0. The molecule has 2 aromatic heterocycles. The van der Waals surface area contributed by atoms with Crippen molar-refractivity contribution < 1.29 is 72.3 Å². The number of para-hydroxylation sites is 2. The summed E-state index contributed by atoms with van der Waals surface area (Å²) in [6, 6.07) is 12.7. The van der Waals surface area contributed by atoms with Gasteiger partial charge in [0, 0.05) is 38.2 Å². The van der Waals surface area contributed by atoms with Gasteiger partial charge in [-0.15, -0.1) is 11.2 Å². The van der Waals surface area contributed by atoms with Crippen LogP contribution in [0.5, 0.6) is 0 Å². The quantitative estimate of drug-likeness (QED) is 0.246. The monoisotopic (exact) mass is 545 g/mol. The number of carboxylic acids is 3. The number of carboxylic acid groups (broad SMARTS) is 3. The summed E-state index contributed by atoms with van der Waals surface area (Å²) in [5.41, 5.74) is 2.40. The van der Waals surface area contributed by atoms with Crippen LogP contribution in [-0.4, -0.2) is 74.8 Å². The topological polar surface area (TPSA) is 211 Å². The van der Waals surface area contributed by atoms with E-state index in [1.54, 1.807) is 42.5 Å². The van der Waals surface area contributed by atoms with E-state index in [1.807, 2.05) is 6.07 Å². The van der Waals surface area contributed by atoms with Gasteiger partial charge in [0.1, 0.15) is 5.52 Å². The average Bonchev–Trinajstić information content (AvgIpc) is 3.37. The number of hydrogen-bond acceptors (Lipinski definition) is 8. The molecule has 2 aromatic carbocycles. The van der Waals surface area contributed by atoms with Crippen molar-refractivity contribution in [2.45, 2.75) is 12.5 Å². The molecule has 4 N–H and O–H groups in total. The van der Waals surface area contributed by atoms with Crippen molar-refractivity contribution in [1.29, 1.82) is 0 Å². The Morgan fingerprint density at radius 3 is 1.94 bits per heavy atom. The van der Waals surface area contributed by atoms with Gasteiger partial charge in [-0.1, -0.05) is 52.7 Å². The largest absolute Gasteiger partial charge is 0.665 e. The number of carbonyl (C=O) groups is 3. The number of aliphatic hydroxyl groups excluding tert-OH is 1. The fourth-order valence-corrected chi connectivity index (χ4v) is 2.65. The second-order valence-electron chi connectivity index (χ2n) is 6.06. The maximum atomic E-state index is 11.0. The van der Waals surface area contributed by atoms with Gasteiger partial charge >= 0.3 is 11.9 Å². The van der Waals surface area contributed by atoms with Crippen molar-refractivity contribution in [3.8, 4) is 0 Å². The number of benzene rings is 2. The molecule has 0 saturated heterocycles. The van der Waals surface area contributed by atoms with E-state index in [0.717, 1.165) is 11.2 Å². The second kappa shape index (κ2) is 13.6. The SMILES string of the molecule is O=C(O)CC(C(=O)O)n1nnc2ccccc21.O=C(O)[CH-]n1nnc2ccccc21.O=[C-]O.[Y]. The predicted molar refractivity (Wildman–Crippen MR) is 110 cm³/mol. The van der Waals surface area contributed by atoms with E-state index in [-0.39, 0.29) is 32.7 Å². The number of fused-ring (bicyclic) bond motifs is 2. The number of aromatic nitrogens is 6. The molecule has 1 unspecified atom stereocenters. The number of hydrogen-bond donors (Lipinski definition) is 4. The van der Waals surface area contributed by atoms with E-state index in [1.165, 1.54) is 4.68 Å². The molecular weight excluding hydrogens is 529 g/mol. The molecular formula is C19H16N6O8Y-2. The van der Waals surface area contributed by atoms with Crippen molar-refractivity contribution in [2.75, 3.05) is 0 Å². The first-order valence-electron chi connectivity index (χ1n) is 8.92. The van der Waals surface area contributed by atoms with Gasteiger partial charge in [-0.3, -0.25) is 9.59 Å². The third-order valence-corrected chi connectivity index (χ3v) is 3.94. The molecule has 0 amide bonds. The van der Waals surface area contributed by atoms with E-state index in [4.69, 9.17) is 25.2 Å². The number of rotatable bonds is 6. The molecule has 0 saturated carbocycles. The molecule has 4 aromatic rings. The van der Waals surface area contributed by atoms with Gasteiger partial charge in [-0.05, 0) is 18.7 Å². The third-order valence-electron chi connectivity index (χ3n) is 3.94. The second-order valence-corrected chi connectivity index (χ2v) is 6.06. The first-order valence-corrected chi connectivity index (χ1v) is 8.92. The maximum absolute atomic E-state index is 11.0. The molecule has 1 radical (unpaired) electrons. The Bertz CT molecular complexity index is 1270. The Labute approximate surface area is 215 Å². The summed E-state index contributed by atoms with van der Waals surface area (Å²) in [7, 11) is 0. The van der Waals surface area contributed by atoms with Gasteiger partial charge in [-0.25, -0.2) is 9.48 Å². The summed E-state index contributed by atoms with van der Waals surface area (Å²) in [4.78, 5) is 40.2. The number of nitrogens with zero attached hydrogens (tertiary/aromatic N) is 6. The van der Waals surface area contributed by atoms with Crippen LogP contribution >= 0.6 is 0 Å². The molecule has 2 heterocycles. The van der Waals surface area contributed by atoms with E-state index in [2.05, 4.69) is 20.6 Å². The van der Waals surface area contributed by atoms with Crippen molar-refractivity contribution in [3.63, 3.8) is 0 Å². The van der Waals surface area contributed by atoms with Crippen molar-refractivity contribution in [2.24, 2.45) is 0 Å². The summed E-state index contributed by atoms with van der Waals surface area (Å²) in [5.74, 6) is -3.49. The van der Waals surface area contributed by atoms with Gasteiger partial charge in [0.05, 0.1) is 11.9 Å². The predicted octanol–water partition coefficient (Wildman–Crippen LogP) is 0.667. The smallest absolute Gasteiger partial charge is 0.329 e. The molecule has 0 aliphatic rings. The Morgan fingerprint density at radius 2 is 1.41 bits per heavy atom. The minimum Gasteiger partial charge on any atom is -0.665 e. The molecule has 175 valence electrons. The Hall–Kier alpha value is -3.91. The summed E-state index contributed by atoms with van der Waals surface area (Å²) in [6.45, 7) is 1.47. The van der Waals surface area contributed by atoms with Crippen molar-refractivity contribution >= 4 is 46.4 Å². The van der Waals surface area contributed by atoms with Crippen LogP contribution in [0.4, 0.5) is 0 Å². The third kappa shape index (κ3) is 7.60. The molecule has 15 heteroatoms. The zero-order valence-electron chi connectivity index (χ0n) is 17.2. The minimum absolute atomic E-state index is 0. The molecule has 1 atom stereocenters. The van der Waals surface area contributed by atoms with E-state index in [9.17, 15) is 14.4 Å². The van der Waals surface area contributed by atoms with Gasteiger partial charge in [0.15, 0.2) is 6.04 Å². The van der Waals surface area contributed by atoms with Crippen LogP contribution in [0.3, 0.4) is 0 Å². The minimum atomic E-state index is -1.25. The summed E-state index contributed by atoms with van der Waals surface area (Å²) in [6.07, 6.45) is -0.539. The molecule has 14 nitrogen and oxygen atoms in total. The first-order chi connectivity index (χ1) is 15.8. The fraction of sp³-hybridized carbons (Fsp3) is 0.105. The van der Waals surface area contributed by atoms with Gasteiger partial charge in [-0.2, -0.15) is 5.10 Å². The molecule has 4 rings (SSSR count). The van der Waals surface area contributed by atoms with Crippen LogP contribution in [0.2, 0.25) is 0 Å². The van der Waals surface area contributed by atoms with E-state index >= 15 is 0 Å². The summed E-state index contributed by atoms with van der Waals surface area (Å²) >= 11 is 0. The molecule has 0 spiro atoms. The molecule has 0 bridgehead atoms. The Kier molecular flexibility index (Phi) is 11.2. The van der Waals surface area contributed by atoms with Gasteiger partial charge in [0.25, 0.3) is 5.97 Å². The van der Waals surface area contributed by atoms with Gasteiger partial charge in [0.2, 0.25) is 0 Å². The average molecular weight is 545 g/mol. The molecule has 0 aliphatic heterocycles. The fourth-order valence-electron chi connectivity index (χ4n) is 2.65. The van der Waals surface area contributed by atoms with E-state index in [0.29, 0.717) is 28.5 Å². The van der Waals surface area contributed by atoms with E-state index < -0.39 is 30.4 Å². The van der Waals surface area contributed by atoms with Crippen molar-refractivity contribution in [3.05, 3.63) is 55.1 Å². The maximum Gasteiger partial charge on any atom is 0.329 e. The zero-order chi connectivity index (χ0) is 24.4. The van der Waals surface area contributed by atoms with Crippen molar-refractivity contribution in [1.82, 2.24) is 30.0 Å². The number of aliphatic carboxylic acids is 3. The van der Waals surface area contributed by atoms with Crippen LogP contribution in [0, 0.1) is 6.54 Å². The summed E-state index contributed by atoms with van der Waals surface area (Å²) < 4.78 is 2.35. The van der Waals surface area contributed by atoms with Crippen LogP contribution < -0.4 is 0 Å². The molecule has 34 heavy (non-hydrogen) atoms. The summed E-state index contributed by atoms with van der Waals surface area (Å²) in [5, 5.41) is 47.9. The normalized spacial score (nSPS) is 10.5. The van der Waals surface area contributed by atoms with Crippen LogP contribution in [0.1, 0.15) is 12.5 Å². The Morgan fingerprint density at radius 1 is 0.912 bits per heavy atom. The molecule has 0 aliphatic carbocycles. The Balaban J connectivity index is 0.000000304. The standard InChI is InChI=1S/C10H9N3O4.C8H6N3O2.CHO2.Y/c14-9(15)5-8(10(16)17)13-7-4-2-1-3-6(7)11-12-13;12-8(13)5-11-7-4-2-1-3-6(7)9-10-11;2-1-3;/h1-4,8H,5H2,(H,14,15)(H,16,17);1-5H,(H,12,13);(H,2,3);/q;2*-1;. The van der Waals surface area contributed by atoms with Gasteiger partial charge < -0.3 is 29.9 Å².